The van der Waals surface area contributed by atoms with E-state index in [1.54, 1.807) is 25.2 Å². The molecule has 3 N–H and O–H groups in total. The molecule has 0 aliphatic rings. The van der Waals surface area contributed by atoms with Gasteiger partial charge in [-0.3, -0.25) is 9.89 Å². The van der Waals surface area contributed by atoms with Crippen LogP contribution in [0.2, 0.25) is 0 Å². The maximum atomic E-state index is 12.0. The maximum absolute atomic E-state index is 12.0. The molecule has 0 amide bonds. The van der Waals surface area contributed by atoms with Crippen LogP contribution >= 0.6 is 24.0 Å². The second kappa shape index (κ2) is 13.7. The molecule has 0 aliphatic carbocycles. The van der Waals surface area contributed by atoms with Crippen molar-refractivity contribution in [1.82, 2.24) is 20.3 Å². The molecule has 2 aromatic carbocycles. The Bertz CT molecular complexity index is 919. The molecule has 9 heteroatoms. The average Bonchev–Trinajstić information content (AvgIpc) is 2.79. The number of likely N-dealkylation sites (N-methyl/N-ethyl adjacent to an activating group) is 1. The molecule has 0 aliphatic heterocycles. The van der Waals surface area contributed by atoms with Crippen LogP contribution in [-0.4, -0.2) is 53.0 Å². The molecule has 0 saturated heterocycles. The first-order valence-corrected chi connectivity index (χ1v) is 11.7. The molecule has 1 unspecified atom stereocenters. The van der Waals surface area contributed by atoms with Crippen LogP contribution in [0.4, 0.5) is 0 Å². The van der Waals surface area contributed by atoms with Gasteiger partial charge in [0, 0.05) is 20.1 Å². The highest BCUT2D eigenvalue weighted by Gasteiger charge is 2.18. The molecule has 2 aromatic rings. The normalized spacial score (nSPS) is 12.9. The molecule has 172 valence electrons. The Kier molecular flexibility index (Phi) is 12.1. The van der Waals surface area contributed by atoms with Gasteiger partial charge in [-0.2, -0.15) is 0 Å². The van der Waals surface area contributed by atoms with Gasteiger partial charge in [0.05, 0.1) is 10.9 Å². The molecule has 0 spiro atoms. The highest BCUT2D eigenvalue weighted by Crippen LogP contribution is 2.19. The Morgan fingerprint density at radius 2 is 1.71 bits per heavy atom. The minimum atomic E-state index is -3.46. The maximum Gasteiger partial charge on any atom is 0.240 e. The number of nitrogens with zero attached hydrogens (tertiary/aromatic N) is 2. The van der Waals surface area contributed by atoms with Gasteiger partial charge in [-0.1, -0.05) is 56.3 Å². The van der Waals surface area contributed by atoms with Crippen molar-refractivity contribution in [2.24, 2.45) is 4.99 Å². The van der Waals surface area contributed by atoms with Gasteiger partial charge >= 0.3 is 0 Å². The molecule has 2 rings (SSSR count). The van der Waals surface area contributed by atoms with Crippen molar-refractivity contribution >= 4 is 40.0 Å². The lowest BCUT2D eigenvalue weighted by molar-refractivity contribution is 0.219. The summed E-state index contributed by atoms with van der Waals surface area (Å²) in [5, 5.41) is 6.68. The molecule has 0 aromatic heterocycles. The Morgan fingerprint density at radius 1 is 1.03 bits per heavy atom. The molecular weight excluding hydrogens is 525 g/mol. The standard InChI is InChI=1S/C22H33N5O2S.HI/c1-5-27(6-2)21(19-12-8-7-9-13-19)17-26-22(23-3)25-16-18-11-10-14-20(15-18)30(28,29)24-4;/h7-15,21,24H,5-6,16-17H2,1-4H3,(H2,23,25,26);1H. The van der Waals surface area contributed by atoms with Gasteiger partial charge in [-0.15, -0.1) is 24.0 Å². The molecule has 0 fully saturated rings. The van der Waals surface area contributed by atoms with Gasteiger partial charge in [-0.25, -0.2) is 13.1 Å². The smallest absolute Gasteiger partial charge is 0.240 e. The molecule has 0 radical (unpaired) electrons. The number of hydrogen-bond acceptors (Lipinski definition) is 4. The highest BCUT2D eigenvalue weighted by atomic mass is 127. The van der Waals surface area contributed by atoms with E-state index in [1.165, 1.54) is 12.6 Å². The Hall–Kier alpha value is -1.69. The van der Waals surface area contributed by atoms with Crippen molar-refractivity contribution in [3.05, 3.63) is 65.7 Å². The molecular formula is C22H34IN5O2S. The first-order chi connectivity index (χ1) is 14.4. The second-order valence-corrected chi connectivity index (χ2v) is 8.70. The fraction of sp³-hybridized carbons (Fsp3) is 0.409. The van der Waals surface area contributed by atoms with Crippen molar-refractivity contribution in [3.8, 4) is 0 Å². The Labute approximate surface area is 203 Å². The summed E-state index contributed by atoms with van der Waals surface area (Å²) in [6, 6.07) is 17.5. The predicted octanol–water partition coefficient (Wildman–Crippen LogP) is 2.96. The van der Waals surface area contributed by atoms with Crippen molar-refractivity contribution in [1.29, 1.82) is 0 Å². The van der Waals surface area contributed by atoms with E-state index in [1.807, 2.05) is 12.1 Å². The number of halogens is 1. The van der Waals surface area contributed by atoms with Crippen LogP contribution in [0.3, 0.4) is 0 Å². The van der Waals surface area contributed by atoms with Gasteiger partial charge in [0.15, 0.2) is 5.96 Å². The van der Waals surface area contributed by atoms with Crippen LogP contribution < -0.4 is 15.4 Å². The zero-order chi connectivity index (χ0) is 22.0. The number of nitrogens with one attached hydrogen (secondary N) is 3. The monoisotopic (exact) mass is 559 g/mol. The lowest BCUT2D eigenvalue weighted by Gasteiger charge is -2.30. The quantitative estimate of drug-likeness (QED) is 0.237. The lowest BCUT2D eigenvalue weighted by atomic mass is 10.1. The number of benzene rings is 2. The summed E-state index contributed by atoms with van der Waals surface area (Å²) >= 11 is 0. The van der Waals surface area contributed by atoms with E-state index in [0.717, 1.165) is 18.7 Å². The van der Waals surface area contributed by atoms with E-state index in [-0.39, 0.29) is 34.9 Å². The first-order valence-electron chi connectivity index (χ1n) is 10.2. The Morgan fingerprint density at radius 3 is 2.29 bits per heavy atom. The summed E-state index contributed by atoms with van der Waals surface area (Å²) in [5.41, 5.74) is 2.12. The molecule has 0 saturated carbocycles. The van der Waals surface area contributed by atoms with Gasteiger partial charge in [-0.05, 0) is 43.4 Å². The molecule has 31 heavy (non-hydrogen) atoms. The number of rotatable bonds is 10. The van der Waals surface area contributed by atoms with Gasteiger partial charge in [0.1, 0.15) is 0 Å². The zero-order valence-corrected chi connectivity index (χ0v) is 21.8. The topological polar surface area (TPSA) is 85.8 Å². The largest absolute Gasteiger partial charge is 0.354 e. The third kappa shape index (κ3) is 8.06. The fourth-order valence-electron chi connectivity index (χ4n) is 3.34. The van der Waals surface area contributed by atoms with Crippen LogP contribution in [0, 0.1) is 0 Å². The third-order valence-corrected chi connectivity index (χ3v) is 6.47. The molecule has 7 nitrogen and oxygen atoms in total. The predicted molar refractivity (Wildman–Crippen MR) is 138 cm³/mol. The summed E-state index contributed by atoms with van der Waals surface area (Å²) in [4.78, 5) is 6.96. The van der Waals surface area contributed by atoms with Crippen LogP contribution in [0.1, 0.15) is 31.0 Å². The van der Waals surface area contributed by atoms with E-state index < -0.39 is 10.0 Å². The highest BCUT2D eigenvalue weighted by molar-refractivity contribution is 14.0. The van der Waals surface area contributed by atoms with Crippen molar-refractivity contribution < 1.29 is 8.42 Å². The van der Waals surface area contributed by atoms with E-state index >= 15 is 0 Å². The van der Waals surface area contributed by atoms with Gasteiger partial charge < -0.3 is 10.6 Å². The van der Waals surface area contributed by atoms with Crippen LogP contribution in [0.15, 0.2) is 64.5 Å². The zero-order valence-electron chi connectivity index (χ0n) is 18.6. The van der Waals surface area contributed by atoms with Crippen LogP contribution in [0.5, 0.6) is 0 Å². The molecule has 0 heterocycles. The number of hydrogen-bond donors (Lipinski definition) is 3. The number of sulfonamides is 1. The van der Waals surface area contributed by atoms with Gasteiger partial charge in [0.25, 0.3) is 0 Å². The SMILES string of the molecule is CCN(CC)C(CNC(=NC)NCc1cccc(S(=O)(=O)NC)c1)c1ccccc1.I. The Balaban J connectivity index is 0.00000480. The van der Waals surface area contributed by atoms with Crippen molar-refractivity contribution in [2.45, 2.75) is 31.3 Å². The summed E-state index contributed by atoms with van der Waals surface area (Å²) in [5.74, 6) is 0.671. The van der Waals surface area contributed by atoms with E-state index in [9.17, 15) is 8.42 Å². The number of aliphatic imine (C=N–C) groups is 1. The summed E-state index contributed by atoms with van der Waals surface area (Å²) in [6.45, 7) is 7.41. The minimum absolute atomic E-state index is 0. The fourth-order valence-corrected chi connectivity index (χ4v) is 4.14. The van der Waals surface area contributed by atoms with E-state index in [4.69, 9.17) is 0 Å². The second-order valence-electron chi connectivity index (χ2n) is 6.81. The minimum Gasteiger partial charge on any atom is -0.354 e. The lowest BCUT2D eigenvalue weighted by Crippen LogP contribution is -2.43. The van der Waals surface area contributed by atoms with E-state index in [0.29, 0.717) is 19.0 Å². The summed E-state index contributed by atoms with van der Waals surface area (Å²) in [6.07, 6.45) is 0. The van der Waals surface area contributed by atoms with E-state index in [2.05, 4.69) is 63.4 Å². The van der Waals surface area contributed by atoms with Crippen LogP contribution in [-0.2, 0) is 16.6 Å². The molecule has 1 atom stereocenters. The summed E-state index contributed by atoms with van der Waals surface area (Å²) < 4.78 is 26.4. The third-order valence-electron chi connectivity index (χ3n) is 5.06. The summed E-state index contributed by atoms with van der Waals surface area (Å²) in [7, 11) is -0.325. The van der Waals surface area contributed by atoms with Crippen molar-refractivity contribution in [3.63, 3.8) is 0 Å². The average molecular weight is 560 g/mol. The van der Waals surface area contributed by atoms with Crippen molar-refractivity contribution in [2.75, 3.05) is 33.7 Å². The van der Waals surface area contributed by atoms with Crippen LogP contribution in [0.25, 0.3) is 0 Å². The number of guanidine groups is 1. The molecule has 0 bridgehead atoms. The van der Waals surface area contributed by atoms with Gasteiger partial charge in [0.2, 0.25) is 10.0 Å². The first kappa shape index (κ1) is 27.3.